The number of fused-ring (bicyclic) bond motifs is 1. The van der Waals surface area contributed by atoms with Gasteiger partial charge in [-0.05, 0) is 42.2 Å². The number of aliphatic hydroxyl groups is 1. The molecule has 24 heavy (non-hydrogen) atoms. The summed E-state index contributed by atoms with van der Waals surface area (Å²) in [6.07, 6.45) is 3.31. The molecule has 0 saturated carbocycles. The van der Waals surface area contributed by atoms with E-state index in [1.807, 2.05) is 4.90 Å². The molecule has 1 aliphatic carbocycles. The zero-order valence-electron chi connectivity index (χ0n) is 14.9. The summed E-state index contributed by atoms with van der Waals surface area (Å²) in [7, 11) is 0. The highest BCUT2D eigenvalue weighted by Crippen LogP contribution is 2.35. The summed E-state index contributed by atoms with van der Waals surface area (Å²) in [4.78, 5) is 17.1. The number of aliphatic hydroxyl groups excluding tert-OH is 1. The Morgan fingerprint density at radius 2 is 1.96 bits per heavy atom. The number of carbonyl (C=O) groups excluding carboxylic acids is 1. The topological polar surface area (TPSA) is 43.8 Å². The summed E-state index contributed by atoms with van der Waals surface area (Å²) in [5.41, 5.74) is 2.72. The van der Waals surface area contributed by atoms with Crippen LogP contribution in [0.25, 0.3) is 0 Å². The van der Waals surface area contributed by atoms with Crippen LogP contribution in [0, 0.1) is 11.8 Å². The first-order valence-electron chi connectivity index (χ1n) is 9.29. The predicted molar refractivity (Wildman–Crippen MR) is 95.7 cm³/mol. The van der Waals surface area contributed by atoms with Crippen LogP contribution in [0.15, 0.2) is 24.3 Å². The summed E-state index contributed by atoms with van der Waals surface area (Å²) in [5.74, 6) is 1.37. The Bertz CT molecular complexity index is 565. The molecular formula is C20H30N2O2. The quantitative estimate of drug-likeness (QED) is 0.902. The Hall–Kier alpha value is -1.39. The molecule has 1 aromatic carbocycles. The van der Waals surface area contributed by atoms with Crippen LogP contribution in [0.3, 0.4) is 0 Å². The molecule has 1 saturated heterocycles. The summed E-state index contributed by atoms with van der Waals surface area (Å²) in [6.45, 7) is 7.28. The maximum absolute atomic E-state index is 12.8. The van der Waals surface area contributed by atoms with Crippen LogP contribution in [0.2, 0.25) is 0 Å². The number of likely N-dealkylation sites (tertiary alicyclic amines) is 1. The molecule has 1 amide bonds. The van der Waals surface area contributed by atoms with Crippen molar-refractivity contribution < 1.29 is 9.90 Å². The lowest BCUT2D eigenvalue weighted by Crippen LogP contribution is -2.47. The van der Waals surface area contributed by atoms with Crippen LogP contribution in [-0.4, -0.2) is 53.6 Å². The number of rotatable bonds is 5. The van der Waals surface area contributed by atoms with Crippen LogP contribution >= 0.6 is 0 Å². The molecular weight excluding hydrogens is 300 g/mol. The Kier molecular flexibility index (Phi) is 5.57. The number of carbonyl (C=O) groups is 1. The van der Waals surface area contributed by atoms with Crippen molar-refractivity contribution in [1.29, 1.82) is 0 Å². The lowest BCUT2D eigenvalue weighted by Gasteiger charge is -2.37. The number of piperidine rings is 1. The average Bonchev–Trinajstić information content (AvgIpc) is 2.97. The van der Waals surface area contributed by atoms with Crippen molar-refractivity contribution >= 4 is 5.91 Å². The second kappa shape index (κ2) is 7.66. The lowest BCUT2D eigenvalue weighted by atomic mass is 9.92. The third-order valence-electron chi connectivity index (χ3n) is 5.49. The third-order valence-corrected chi connectivity index (χ3v) is 5.49. The Labute approximate surface area is 145 Å². The summed E-state index contributed by atoms with van der Waals surface area (Å²) in [5, 5.41) is 9.49. The van der Waals surface area contributed by atoms with Gasteiger partial charge in [-0.2, -0.15) is 0 Å². The second-order valence-corrected chi connectivity index (χ2v) is 7.69. The normalized spacial score (nSPS) is 26.7. The van der Waals surface area contributed by atoms with E-state index in [0.717, 1.165) is 25.9 Å². The molecule has 2 aliphatic rings. The van der Waals surface area contributed by atoms with E-state index in [-0.39, 0.29) is 18.6 Å². The predicted octanol–water partition coefficient (Wildman–Crippen LogP) is 2.47. The van der Waals surface area contributed by atoms with Gasteiger partial charge in [0.15, 0.2) is 0 Å². The minimum Gasteiger partial charge on any atom is -0.395 e. The van der Waals surface area contributed by atoms with Crippen molar-refractivity contribution in [1.82, 2.24) is 9.80 Å². The van der Waals surface area contributed by atoms with Crippen molar-refractivity contribution in [2.45, 2.75) is 39.2 Å². The SMILES string of the molecule is CC1CC(C)CN(C(=O)CN(CCO)C2CCc3ccccc32)C1. The van der Waals surface area contributed by atoms with E-state index >= 15 is 0 Å². The molecule has 1 N–H and O–H groups in total. The minimum absolute atomic E-state index is 0.0960. The van der Waals surface area contributed by atoms with Crippen molar-refractivity contribution in [3.05, 3.63) is 35.4 Å². The van der Waals surface area contributed by atoms with Gasteiger partial charge in [-0.25, -0.2) is 0 Å². The molecule has 4 heteroatoms. The van der Waals surface area contributed by atoms with Gasteiger partial charge in [0.05, 0.1) is 13.2 Å². The standard InChI is InChI=1S/C20H30N2O2/c1-15-11-16(2)13-22(12-15)20(24)14-21(9-10-23)19-8-7-17-5-3-4-6-18(17)19/h3-6,15-16,19,23H,7-14H2,1-2H3. The molecule has 0 bridgehead atoms. The van der Waals surface area contributed by atoms with Crippen molar-refractivity contribution in [3.63, 3.8) is 0 Å². The van der Waals surface area contributed by atoms with Crippen LogP contribution in [0.4, 0.5) is 0 Å². The summed E-state index contributed by atoms with van der Waals surface area (Å²) < 4.78 is 0. The van der Waals surface area contributed by atoms with Crippen molar-refractivity contribution in [2.24, 2.45) is 11.8 Å². The number of hydrogen-bond donors (Lipinski definition) is 1. The van der Waals surface area contributed by atoms with Crippen molar-refractivity contribution in [3.8, 4) is 0 Å². The van der Waals surface area contributed by atoms with E-state index in [0.29, 0.717) is 24.9 Å². The lowest BCUT2D eigenvalue weighted by molar-refractivity contribution is -0.135. The van der Waals surface area contributed by atoms with Gasteiger partial charge in [0.25, 0.3) is 0 Å². The van der Waals surface area contributed by atoms with Gasteiger partial charge >= 0.3 is 0 Å². The van der Waals surface area contributed by atoms with E-state index < -0.39 is 0 Å². The number of nitrogens with zero attached hydrogens (tertiary/aromatic N) is 2. The molecule has 0 aromatic heterocycles. The maximum Gasteiger partial charge on any atom is 0.236 e. The van der Waals surface area contributed by atoms with Crippen LogP contribution in [-0.2, 0) is 11.2 Å². The Morgan fingerprint density at radius 1 is 1.25 bits per heavy atom. The van der Waals surface area contributed by atoms with E-state index in [1.165, 1.54) is 17.5 Å². The fourth-order valence-corrected chi connectivity index (χ4v) is 4.53. The first-order chi connectivity index (χ1) is 11.6. The number of aryl methyl sites for hydroxylation is 1. The third kappa shape index (κ3) is 3.81. The van der Waals surface area contributed by atoms with E-state index in [2.05, 4.69) is 43.0 Å². The Balaban J connectivity index is 1.69. The molecule has 1 fully saturated rings. The second-order valence-electron chi connectivity index (χ2n) is 7.69. The smallest absolute Gasteiger partial charge is 0.236 e. The largest absolute Gasteiger partial charge is 0.395 e. The summed E-state index contributed by atoms with van der Waals surface area (Å²) in [6, 6.07) is 8.77. The van der Waals surface area contributed by atoms with E-state index in [9.17, 15) is 9.90 Å². The molecule has 1 heterocycles. The van der Waals surface area contributed by atoms with Gasteiger partial charge in [0.1, 0.15) is 0 Å². The fraction of sp³-hybridized carbons (Fsp3) is 0.650. The first-order valence-corrected chi connectivity index (χ1v) is 9.29. The first kappa shape index (κ1) is 17.4. The molecule has 132 valence electrons. The molecule has 1 aliphatic heterocycles. The number of amides is 1. The molecule has 1 aromatic rings. The number of hydrogen-bond acceptors (Lipinski definition) is 3. The Morgan fingerprint density at radius 3 is 2.67 bits per heavy atom. The van der Waals surface area contributed by atoms with Gasteiger partial charge in [-0.1, -0.05) is 38.1 Å². The van der Waals surface area contributed by atoms with Gasteiger partial charge in [-0.15, -0.1) is 0 Å². The molecule has 3 rings (SSSR count). The van der Waals surface area contributed by atoms with Crippen LogP contribution in [0.1, 0.15) is 43.9 Å². The van der Waals surface area contributed by atoms with Gasteiger partial charge in [-0.3, -0.25) is 9.69 Å². The zero-order valence-corrected chi connectivity index (χ0v) is 14.9. The highest BCUT2D eigenvalue weighted by Gasteiger charge is 2.31. The summed E-state index contributed by atoms with van der Waals surface area (Å²) >= 11 is 0. The fourth-order valence-electron chi connectivity index (χ4n) is 4.53. The number of benzene rings is 1. The highest BCUT2D eigenvalue weighted by molar-refractivity contribution is 5.78. The maximum atomic E-state index is 12.8. The van der Waals surface area contributed by atoms with Gasteiger partial charge in [0, 0.05) is 25.7 Å². The van der Waals surface area contributed by atoms with E-state index in [4.69, 9.17) is 0 Å². The molecule has 3 atom stereocenters. The molecule has 0 spiro atoms. The van der Waals surface area contributed by atoms with Crippen molar-refractivity contribution in [2.75, 3.05) is 32.8 Å². The minimum atomic E-state index is 0.0960. The van der Waals surface area contributed by atoms with Crippen LogP contribution < -0.4 is 0 Å². The average molecular weight is 330 g/mol. The van der Waals surface area contributed by atoms with Crippen LogP contribution in [0.5, 0.6) is 0 Å². The van der Waals surface area contributed by atoms with Gasteiger partial charge < -0.3 is 10.0 Å². The zero-order chi connectivity index (χ0) is 17.1. The molecule has 4 nitrogen and oxygen atoms in total. The molecule has 0 radical (unpaired) electrons. The molecule has 3 unspecified atom stereocenters. The van der Waals surface area contributed by atoms with E-state index in [1.54, 1.807) is 0 Å². The highest BCUT2D eigenvalue weighted by atomic mass is 16.3. The van der Waals surface area contributed by atoms with Gasteiger partial charge in [0.2, 0.25) is 5.91 Å². The monoisotopic (exact) mass is 330 g/mol.